The molecule has 0 fully saturated rings. The lowest BCUT2D eigenvalue weighted by Crippen LogP contribution is -2.40. The normalized spacial score (nSPS) is 17.2. The Bertz CT molecular complexity index is 1200. The fraction of sp³-hybridized carbons (Fsp3) is 0.368. The van der Waals surface area contributed by atoms with Crippen LogP contribution in [0.4, 0.5) is 19.1 Å². The summed E-state index contributed by atoms with van der Waals surface area (Å²) < 4.78 is 39.5. The number of hydrogen-bond acceptors (Lipinski definition) is 8. The fourth-order valence-corrected chi connectivity index (χ4v) is 4.78. The number of thiophene rings is 1. The molecule has 164 valence electrons. The number of hydrogen-bond donors (Lipinski definition) is 1. The van der Waals surface area contributed by atoms with Crippen LogP contribution in [0.5, 0.6) is 0 Å². The lowest BCUT2D eigenvalue weighted by atomic mass is 9.99. The summed E-state index contributed by atoms with van der Waals surface area (Å²) in [5.74, 6) is 0.490. The highest BCUT2D eigenvalue weighted by Crippen LogP contribution is 2.32. The molecular formula is C19H18F3N5O2S2. The molecule has 12 heteroatoms. The molecule has 1 atom stereocenters. The first-order chi connectivity index (χ1) is 14.6. The molecule has 1 aliphatic rings. The second-order valence-electron chi connectivity index (χ2n) is 7.10. The second kappa shape index (κ2) is 8.17. The van der Waals surface area contributed by atoms with Crippen molar-refractivity contribution in [3.8, 4) is 0 Å². The van der Waals surface area contributed by atoms with E-state index in [2.05, 4.69) is 15.0 Å². The molecule has 0 spiro atoms. The summed E-state index contributed by atoms with van der Waals surface area (Å²) in [6, 6.07) is 2.01. The van der Waals surface area contributed by atoms with Gasteiger partial charge in [0.2, 0.25) is 5.95 Å². The van der Waals surface area contributed by atoms with E-state index in [1.807, 2.05) is 24.4 Å². The second-order valence-corrected chi connectivity index (χ2v) is 9.33. The summed E-state index contributed by atoms with van der Waals surface area (Å²) in [5.41, 5.74) is 1.18. The van der Waals surface area contributed by atoms with Crippen LogP contribution in [-0.2, 0) is 12.7 Å². The molecule has 0 amide bonds. The highest BCUT2D eigenvalue weighted by atomic mass is 32.1. The van der Waals surface area contributed by atoms with E-state index >= 15 is 0 Å². The molecule has 4 rings (SSSR count). The third kappa shape index (κ3) is 4.55. The Labute approximate surface area is 183 Å². The monoisotopic (exact) mass is 469 g/mol. The van der Waals surface area contributed by atoms with Gasteiger partial charge >= 0.3 is 11.9 Å². The number of aliphatic hydroxyl groups excluding tert-OH is 1. The first-order valence-electron chi connectivity index (χ1n) is 9.28. The van der Waals surface area contributed by atoms with E-state index in [9.17, 15) is 23.1 Å². The molecule has 31 heavy (non-hydrogen) atoms. The molecular weight excluding hydrogens is 451 g/mol. The van der Waals surface area contributed by atoms with Gasteiger partial charge in [0, 0.05) is 22.5 Å². The van der Waals surface area contributed by atoms with E-state index in [0.717, 1.165) is 22.2 Å². The van der Waals surface area contributed by atoms with Crippen LogP contribution in [0, 0.1) is 13.8 Å². The van der Waals surface area contributed by atoms with E-state index in [-0.39, 0.29) is 23.9 Å². The summed E-state index contributed by atoms with van der Waals surface area (Å²) in [6.45, 7) is 4.15. The van der Waals surface area contributed by atoms with E-state index in [0.29, 0.717) is 23.7 Å². The summed E-state index contributed by atoms with van der Waals surface area (Å²) in [5, 5.41) is 11.6. The highest BCUT2D eigenvalue weighted by Gasteiger charge is 2.34. The van der Waals surface area contributed by atoms with Crippen LogP contribution in [0.1, 0.15) is 26.1 Å². The van der Waals surface area contributed by atoms with E-state index in [1.165, 1.54) is 4.57 Å². The van der Waals surface area contributed by atoms with Crippen LogP contribution in [0.2, 0.25) is 0 Å². The lowest BCUT2D eigenvalue weighted by Gasteiger charge is -2.30. The van der Waals surface area contributed by atoms with Gasteiger partial charge in [-0.2, -0.15) is 23.1 Å². The minimum absolute atomic E-state index is 0.0944. The standard InChI is InChI=1S/C19H18F3N5O2S2/c1-10-5-12(9-30-10)14-3-4-26(8-15(14)28)17-24-11(2)27(18(29)25-17)7-13-6-23-16(31-13)19(20,21)22/h3,5-6,9,15,28H,4,7-8H2,1-2H3. The van der Waals surface area contributed by atoms with Crippen molar-refractivity contribution in [2.24, 2.45) is 0 Å². The van der Waals surface area contributed by atoms with Crippen molar-refractivity contribution in [3.63, 3.8) is 0 Å². The van der Waals surface area contributed by atoms with Crippen molar-refractivity contribution in [1.82, 2.24) is 19.5 Å². The molecule has 4 heterocycles. The zero-order valence-electron chi connectivity index (χ0n) is 16.5. The Morgan fingerprint density at radius 3 is 2.65 bits per heavy atom. The van der Waals surface area contributed by atoms with Crippen LogP contribution < -0.4 is 10.6 Å². The Morgan fingerprint density at radius 2 is 2.06 bits per heavy atom. The number of aromatic nitrogens is 4. The summed E-state index contributed by atoms with van der Waals surface area (Å²) >= 11 is 2.09. The van der Waals surface area contributed by atoms with Crippen LogP contribution in [0.25, 0.3) is 5.57 Å². The quantitative estimate of drug-likeness (QED) is 0.632. The Hall–Kier alpha value is -2.57. The first kappa shape index (κ1) is 21.7. The Morgan fingerprint density at radius 1 is 1.29 bits per heavy atom. The molecule has 0 aliphatic carbocycles. The van der Waals surface area contributed by atoms with Crippen molar-refractivity contribution in [2.75, 3.05) is 18.0 Å². The Kier molecular flexibility index (Phi) is 5.71. The average molecular weight is 470 g/mol. The van der Waals surface area contributed by atoms with Gasteiger partial charge in [0.25, 0.3) is 0 Å². The zero-order chi connectivity index (χ0) is 22.3. The minimum atomic E-state index is -4.52. The van der Waals surface area contributed by atoms with Gasteiger partial charge in [-0.15, -0.1) is 22.7 Å². The van der Waals surface area contributed by atoms with Gasteiger partial charge < -0.3 is 10.0 Å². The maximum atomic E-state index is 12.8. The number of anilines is 1. The molecule has 3 aromatic heterocycles. The summed E-state index contributed by atoms with van der Waals surface area (Å²) in [6.07, 6.45) is -2.29. The molecule has 0 bridgehead atoms. The maximum Gasteiger partial charge on any atom is 0.443 e. The summed E-state index contributed by atoms with van der Waals surface area (Å²) in [4.78, 5) is 27.4. The third-order valence-electron chi connectivity index (χ3n) is 4.82. The van der Waals surface area contributed by atoms with Crippen LogP contribution in [-0.4, -0.2) is 43.8 Å². The smallest absolute Gasteiger partial charge is 0.387 e. The van der Waals surface area contributed by atoms with E-state index in [4.69, 9.17) is 0 Å². The number of β-amino-alcohol motifs (C(OH)–C–C–N with tert-alkyl or cyclic N) is 1. The van der Waals surface area contributed by atoms with Crippen LogP contribution in [0.3, 0.4) is 0 Å². The molecule has 1 unspecified atom stereocenters. The summed E-state index contributed by atoms with van der Waals surface area (Å²) in [7, 11) is 0. The van der Waals surface area contributed by atoms with Gasteiger partial charge in [0.1, 0.15) is 5.82 Å². The lowest BCUT2D eigenvalue weighted by molar-refractivity contribution is -0.137. The zero-order valence-corrected chi connectivity index (χ0v) is 18.2. The van der Waals surface area contributed by atoms with Crippen LogP contribution >= 0.6 is 22.7 Å². The molecule has 1 aliphatic heterocycles. The van der Waals surface area contributed by atoms with Gasteiger partial charge in [0.15, 0.2) is 5.01 Å². The van der Waals surface area contributed by atoms with Gasteiger partial charge in [-0.05, 0) is 36.4 Å². The number of aryl methyl sites for hydroxylation is 2. The molecule has 0 aromatic carbocycles. The molecule has 3 aromatic rings. The van der Waals surface area contributed by atoms with Crippen molar-refractivity contribution in [1.29, 1.82) is 0 Å². The van der Waals surface area contributed by atoms with Crippen molar-refractivity contribution in [2.45, 2.75) is 32.7 Å². The number of nitrogens with zero attached hydrogens (tertiary/aromatic N) is 5. The molecule has 0 saturated heterocycles. The number of rotatable bonds is 4. The first-order valence-corrected chi connectivity index (χ1v) is 11.0. The molecule has 0 radical (unpaired) electrons. The van der Waals surface area contributed by atoms with Crippen molar-refractivity contribution < 1.29 is 18.3 Å². The topological polar surface area (TPSA) is 84.1 Å². The maximum absolute atomic E-state index is 12.8. The molecule has 7 nitrogen and oxygen atoms in total. The fourth-order valence-electron chi connectivity index (χ4n) is 3.30. The predicted molar refractivity (Wildman–Crippen MR) is 112 cm³/mol. The Balaban J connectivity index is 1.54. The number of alkyl halides is 3. The van der Waals surface area contributed by atoms with E-state index < -0.39 is 23.0 Å². The average Bonchev–Trinajstić information content (AvgIpc) is 3.33. The van der Waals surface area contributed by atoms with Crippen molar-refractivity contribution >= 4 is 34.2 Å². The number of aliphatic hydroxyl groups is 1. The highest BCUT2D eigenvalue weighted by molar-refractivity contribution is 7.11. The third-order valence-corrected chi connectivity index (χ3v) is 6.71. The van der Waals surface area contributed by atoms with Crippen LogP contribution in [0.15, 0.2) is 28.5 Å². The van der Waals surface area contributed by atoms with Gasteiger partial charge in [-0.3, -0.25) is 4.57 Å². The molecule has 0 saturated carbocycles. The number of halogens is 3. The van der Waals surface area contributed by atoms with Gasteiger partial charge in [-0.1, -0.05) is 6.08 Å². The number of thiazole rings is 1. The van der Waals surface area contributed by atoms with Gasteiger partial charge in [0.05, 0.1) is 19.2 Å². The van der Waals surface area contributed by atoms with Gasteiger partial charge in [-0.25, -0.2) is 9.78 Å². The molecule has 1 N–H and O–H groups in total. The SMILES string of the molecule is Cc1cc(C2=CCN(c3nc(C)n(Cc4cnc(C(F)(F)F)s4)c(=O)n3)CC2O)cs1. The predicted octanol–water partition coefficient (Wildman–Crippen LogP) is 3.10. The van der Waals surface area contributed by atoms with Crippen molar-refractivity contribution in [3.05, 3.63) is 60.4 Å². The largest absolute Gasteiger partial charge is 0.443 e. The minimum Gasteiger partial charge on any atom is -0.387 e. The van der Waals surface area contributed by atoms with E-state index in [1.54, 1.807) is 23.2 Å².